The summed E-state index contributed by atoms with van der Waals surface area (Å²) >= 11 is 2.29. The van der Waals surface area contributed by atoms with E-state index < -0.39 is 17.9 Å². The minimum Gasteiger partial charge on any atom is -0.341 e. The summed E-state index contributed by atoms with van der Waals surface area (Å²) in [5.41, 5.74) is 0.641. The van der Waals surface area contributed by atoms with Gasteiger partial charge < -0.3 is 10.2 Å². The highest BCUT2D eigenvalue weighted by molar-refractivity contribution is 14.1. The van der Waals surface area contributed by atoms with Crippen LogP contribution in [0.3, 0.4) is 0 Å². The Morgan fingerprint density at radius 2 is 2.00 bits per heavy atom. The summed E-state index contributed by atoms with van der Waals surface area (Å²) < 4.78 is 16.7. The monoisotopic (exact) mass is 528 g/mol. The number of nitrogens with zero attached hydrogens (tertiary/aromatic N) is 5. The normalized spacial score (nSPS) is 17.3. The summed E-state index contributed by atoms with van der Waals surface area (Å²) in [5, 5.41) is 7.58. The topological polar surface area (TPSA) is 65.8 Å². The molecule has 1 aromatic carbocycles. The fraction of sp³-hybridized carbons (Fsp3) is 0.500. The second-order valence-electron chi connectivity index (χ2n) is 7.59. The zero-order valence-electron chi connectivity index (χ0n) is 17.0. The van der Waals surface area contributed by atoms with Crippen LogP contribution in [0.25, 0.3) is 0 Å². The number of hydrogen-bond acceptors (Lipinski definition) is 6. The van der Waals surface area contributed by atoms with Gasteiger partial charge in [0, 0.05) is 23.7 Å². The molecule has 2 aliphatic rings. The molecule has 2 aromatic rings. The van der Waals surface area contributed by atoms with Crippen molar-refractivity contribution in [2.75, 3.05) is 43.0 Å². The molecule has 0 aliphatic carbocycles. The molecule has 0 radical (unpaired) electrons. The van der Waals surface area contributed by atoms with Crippen molar-refractivity contribution in [2.45, 2.75) is 25.9 Å². The van der Waals surface area contributed by atoms with Gasteiger partial charge in [0.2, 0.25) is 0 Å². The van der Waals surface area contributed by atoms with E-state index in [1.165, 1.54) is 4.57 Å². The third kappa shape index (κ3) is 3.87. The first kappa shape index (κ1) is 21.3. The molecular weight excluding hydrogens is 502 g/mol. The van der Waals surface area contributed by atoms with E-state index in [2.05, 4.69) is 32.9 Å². The van der Waals surface area contributed by atoms with Crippen molar-refractivity contribution < 1.29 is 4.39 Å². The lowest BCUT2D eigenvalue weighted by Gasteiger charge is -2.33. The third-order valence-electron chi connectivity index (χ3n) is 5.64. The zero-order valence-corrected chi connectivity index (χ0v) is 19.1. The molecule has 3 heterocycles. The van der Waals surface area contributed by atoms with Crippen molar-refractivity contribution in [2.24, 2.45) is 7.05 Å². The first-order valence-electron chi connectivity index (χ1n) is 10.1. The van der Waals surface area contributed by atoms with Gasteiger partial charge in [0.25, 0.3) is 5.56 Å². The summed E-state index contributed by atoms with van der Waals surface area (Å²) in [6.07, 6.45) is 2.11. The van der Waals surface area contributed by atoms with Crippen LogP contribution < -0.4 is 26.5 Å². The number of hydrogen-bond donors (Lipinski definition) is 1. The van der Waals surface area contributed by atoms with Crippen molar-refractivity contribution in [3.8, 4) is 0 Å². The van der Waals surface area contributed by atoms with Crippen LogP contribution in [0.2, 0.25) is 0 Å². The van der Waals surface area contributed by atoms with Gasteiger partial charge in [-0.05, 0) is 53.6 Å². The van der Waals surface area contributed by atoms with E-state index in [4.69, 9.17) is 0 Å². The molecule has 162 valence electrons. The maximum atomic E-state index is 13.3. The van der Waals surface area contributed by atoms with E-state index in [1.807, 2.05) is 34.2 Å². The van der Waals surface area contributed by atoms with Crippen LogP contribution in [0, 0.1) is 3.57 Å². The minimum absolute atomic E-state index is 0.235. The number of halogens is 2. The van der Waals surface area contributed by atoms with Gasteiger partial charge in [0.15, 0.2) is 5.82 Å². The molecule has 0 saturated carbocycles. The summed E-state index contributed by atoms with van der Waals surface area (Å²) in [6, 6.07) is 8.04. The van der Waals surface area contributed by atoms with Crippen LogP contribution in [-0.2, 0) is 20.1 Å². The highest BCUT2D eigenvalue weighted by atomic mass is 127. The number of fused-ring (bicyclic) bond motifs is 1. The lowest BCUT2D eigenvalue weighted by Crippen LogP contribution is -2.49. The molecule has 0 atom stereocenters. The van der Waals surface area contributed by atoms with E-state index in [0.29, 0.717) is 31.4 Å². The molecule has 30 heavy (non-hydrogen) atoms. The van der Waals surface area contributed by atoms with Crippen molar-refractivity contribution >= 4 is 34.1 Å². The minimum atomic E-state index is -0.760. The maximum absolute atomic E-state index is 13.3. The average Bonchev–Trinajstić information content (AvgIpc) is 2.91. The summed E-state index contributed by atoms with van der Waals surface area (Å²) in [6.45, 7) is 2.44. The highest BCUT2D eigenvalue weighted by Gasteiger charge is 2.36. The Balaban J connectivity index is 1.82. The largest absolute Gasteiger partial charge is 0.341 e. The Bertz CT molecular complexity index is 1030. The number of alkyl halides is 1. The molecule has 10 heteroatoms. The molecule has 0 amide bonds. The second kappa shape index (κ2) is 9.06. The van der Waals surface area contributed by atoms with Gasteiger partial charge in [-0.1, -0.05) is 18.2 Å². The van der Waals surface area contributed by atoms with Gasteiger partial charge >= 0.3 is 5.69 Å². The number of aromatic nitrogens is 2. The second-order valence-corrected chi connectivity index (χ2v) is 8.75. The SMILES string of the molecule is Cn1c2c(c(=O)n(CCF)c1=O)N(Cc1ccccc1I)CN2N1CCCCNC1. The molecule has 1 fully saturated rings. The van der Waals surface area contributed by atoms with E-state index >= 15 is 0 Å². The smallest absolute Gasteiger partial charge is 0.332 e. The summed E-state index contributed by atoms with van der Waals surface area (Å²) in [5.74, 6) is 0.578. The molecular formula is C20H26FIN6O2. The Morgan fingerprint density at radius 3 is 2.77 bits per heavy atom. The summed E-state index contributed by atoms with van der Waals surface area (Å²) in [7, 11) is 1.66. The zero-order chi connectivity index (χ0) is 21.3. The van der Waals surface area contributed by atoms with Gasteiger partial charge in [-0.3, -0.25) is 18.9 Å². The van der Waals surface area contributed by atoms with Gasteiger partial charge in [0.1, 0.15) is 19.0 Å². The number of benzene rings is 1. The predicted molar refractivity (Wildman–Crippen MR) is 123 cm³/mol. The number of rotatable bonds is 5. The molecule has 1 N–H and O–H groups in total. The number of hydrazine groups is 1. The van der Waals surface area contributed by atoms with Gasteiger partial charge in [0.05, 0.1) is 13.2 Å². The number of nitrogens with one attached hydrogen (secondary N) is 1. The first-order chi connectivity index (χ1) is 14.5. The van der Waals surface area contributed by atoms with Crippen molar-refractivity contribution in [1.29, 1.82) is 0 Å². The van der Waals surface area contributed by atoms with E-state index in [9.17, 15) is 14.0 Å². The van der Waals surface area contributed by atoms with Crippen LogP contribution >= 0.6 is 22.6 Å². The Morgan fingerprint density at radius 1 is 1.20 bits per heavy atom. The molecule has 2 aliphatic heterocycles. The Hall–Kier alpha value is -1.92. The van der Waals surface area contributed by atoms with E-state index in [0.717, 1.165) is 39.6 Å². The third-order valence-corrected chi connectivity index (χ3v) is 6.70. The van der Waals surface area contributed by atoms with E-state index in [1.54, 1.807) is 7.05 Å². The van der Waals surface area contributed by atoms with Crippen LogP contribution in [0.4, 0.5) is 15.9 Å². The maximum Gasteiger partial charge on any atom is 0.332 e. The average molecular weight is 528 g/mol. The van der Waals surface area contributed by atoms with Crippen LogP contribution in [0.15, 0.2) is 33.9 Å². The predicted octanol–water partition coefficient (Wildman–Crippen LogP) is 1.46. The summed E-state index contributed by atoms with van der Waals surface area (Å²) in [4.78, 5) is 28.1. The van der Waals surface area contributed by atoms with Crippen LogP contribution in [0.5, 0.6) is 0 Å². The van der Waals surface area contributed by atoms with Crippen LogP contribution in [-0.4, -0.2) is 47.2 Å². The number of anilines is 2. The fourth-order valence-corrected chi connectivity index (χ4v) is 4.67. The lowest BCUT2D eigenvalue weighted by atomic mass is 10.2. The highest BCUT2D eigenvalue weighted by Crippen LogP contribution is 2.34. The standard InChI is InChI=1S/C20H26FIN6O2/c1-24-18-17(19(29)27(11-8-21)20(24)30)25(12-15-6-2-3-7-16(15)22)14-28(18)26-10-5-4-9-23-13-26/h2-3,6-7,23H,4-5,8-14H2,1H3. The molecule has 4 rings (SSSR count). The van der Waals surface area contributed by atoms with Crippen molar-refractivity contribution in [3.63, 3.8) is 0 Å². The van der Waals surface area contributed by atoms with Gasteiger partial charge in [-0.15, -0.1) is 0 Å². The molecule has 1 saturated heterocycles. The van der Waals surface area contributed by atoms with Gasteiger partial charge in [-0.25, -0.2) is 14.2 Å². The molecule has 0 unspecified atom stereocenters. The molecule has 1 aromatic heterocycles. The Labute approximate surface area is 188 Å². The lowest BCUT2D eigenvalue weighted by molar-refractivity contribution is 0.247. The van der Waals surface area contributed by atoms with E-state index in [-0.39, 0.29) is 6.54 Å². The van der Waals surface area contributed by atoms with Crippen molar-refractivity contribution in [3.05, 3.63) is 54.2 Å². The quantitative estimate of drug-likeness (QED) is 0.594. The molecule has 0 spiro atoms. The fourth-order valence-electron chi connectivity index (χ4n) is 4.12. The first-order valence-corrected chi connectivity index (χ1v) is 11.2. The van der Waals surface area contributed by atoms with Crippen LogP contribution in [0.1, 0.15) is 18.4 Å². The molecule has 8 nitrogen and oxygen atoms in total. The molecule has 0 bridgehead atoms. The van der Waals surface area contributed by atoms with Crippen molar-refractivity contribution in [1.82, 2.24) is 19.5 Å². The Kier molecular flexibility index (Phi) is 6.44. The van der Waals surface area contributed by atoms with Gasteiger partial charge in [-0.2, -0.15) is 0 Å².